The van der Waals surface area contributed by atoms with Gasteiger partial charge in [-0.25, -0.2) is 4.39 Å². The molecule has 7 nitrogen and oxygen atoms in total. The molecule has 19 heavy (non-hydrogen) atoms. The van der Waals surface area contributed by atoms with Gasteiger partial charge in [0.05, 0.1) is 10.5 Å². The number of non-ortho nitro benzene ring substituents is 1. The summed E-state index contributed by atoms with van der Waals surface area (Å²) in [5.74, 6) is -1.94. The minimum absolute atomic E-state index is 0.0145. The number of amides is 2. The van der Waals surface area contributed by atoms with Gasteiger partial charge in [0, 0.05) is 32.1 Å². The molecule has 0 bridgehead atoms. The number of benzene rings is 1. The highest BCUT2D eigenvalue weighted by Crippen LogP contribution is 2.16. The maximum Gasteiger partial charge on any atom is 0.270 e. The fourth-order valence-corrected chi connectivity index (χ4v) is 1.31. The topological polar surface area (TPSA) is 101 Å². The molecule has 2 N–H and O–H groups in total. The van der Waals surface area contributed by atoms with E-state index in [0.717, 1.165) is 18.2 Å². The van der Waals surface area contributed by atoms with Crippen LogP contribution in [0.1, 0.15) is 16.8 Å². The number of nitro groups is 1. The van der Waals surface area contributed by atoms with E-state index in [-0.39, 0.29) is 24.6 Å². The molecule has 0 fully saturated rings. The number of halogens is 1. The Morgan fingerprint density at radius 3 is 2.68 bits per heavy atom. The average molecular weight is 269 g/mol. The number of hydrogen-bond donors (Lipinski definition) is 2. The standard InChI is InChI=1S/C11H12FN3O4/c1-13-10(16)4-5-14-11(17)8-6-7(15(18)19)2-3-9(8)12/h2-3,6H,4-5H2,1H3,(H,13,16)(H,14,17). The second-order valence-corrected chi connectivity index (χ2v) is 3.60. The van der Waals surface area contributed by atoms with Gasteiger partial charge in [-0.05, 0) is 6.07 Å². The molecule has 0 heterocycles. The normalized spacial score (nSPS) is 9.79. The highest BCUT2D eigenvalue weighted by atomic mass is 19.1. The molecule has 0 unspecified atom stereocenters. The van der Waals surface area contributed by atoms with Crippen molar-refractivity contribution in [3.05, 3.63) is 39.7 Å². The molecule has 0 saturated carbocycles. The number of nitro benzene ring substituents is 1. The maximum atomic E-state index is 13.4. The Bertz CT molecular complexity index is 519. The summed E-state index contributed by atoms with van der Waals surface area (Å²) in [7, 11) is 1.45. The summed E-state index contributed by atoms with van der Waals surface area (Å²) in [5.41, 5.74) is -0.802. The second kappa shape index (κ2) is 6.43. The van der Waals surface area contributed by atoms with Gasteiger partial charge in [-0.2, -0.15) is 0 Å². The van der Waals surface area contributed by atoms with Crippen LogP contribution in [-0.4, -0.2) is 30.3 Å². The molecule has 0 aliphatic carbocycles. The minimum Gasteiger partial charge on any atom is -0.359 e. The number of carbonyl (C=O) groups excluding carboxylic acids is 2. The number of nitrogens with zero attached hydrogens (tertiary/aromatic N) is 1. The highest BCUT2D eigenvalue weighted by molar-refractivity contribution is 5.95. The summed E-state index contributed by atoms with van der Waals surface area (Å²) in [6.07, 6.45) is 0.0405. The summed E-state index contributed by atoms with van der Waals surface area (Å²) in [6.45, 7) is 0.0145. The zero-order valence-corrected chi connectivity index (χ0v) is 10.1. The first-order chi connectivity index (χ1) is 8.95. The molecule has 0 saturated heterocycles. The van der Waals surface area contributed by atoms with Crippen molar-refractivity contribution in [2.24, 2.45) is 0 Å². The summed E-state index contributed by atoms with van der Waals surface area (Å²) < 4.78 is 13.4. The first-order valence-electron chi connectivity index (χ1n) is 5.38. The zero-order valence-electron chi connectivity index (χ0n) is 10.1. The van der Waals surface area contributed by atoms with E-state index in [4.69, 9.17) is 0 Å². The molecule has 0 aliphatic rings. The first kappa shape index (κ1) is 14.6. The van der Waals surface area contributed by atoms with Crippen LogP contribution in [-0.2, 0) is 4.79 Å². The molecular weight excluding hydrogens is 257 g/mol. The molecule has 0 aliphatic heterocycles. The highest BCUT2D eigenvalue weighted by Gasteiger charge is 2.16. The second-order valence-electron chi connectivity index (χ2n) is 3.60. The van der Waals surface area contributed by atoms with Crippen molar-refractivity contribution >= 4 is 17.5 Å². The van der Waals surface area contributed by atoms with E-state index in [0.29, 0.717) is 0 Å². The van der Waals surface area contributed by atoms with Crippen LogP contribution in [0.15, 0.2) is 18.2 Å². The third-order valence-electron chi connectivity index (χ3n) is 2.32. The average Bonchev–Trinajstić information content (AvgIpc) is 2.38. The van der Waals surface area contributed by atoms with Crippen molar-refractivity contribution in [3.63, 3.8) is 0 Å². The number of hydrogen-bond acceptors (Lipinski definition) is 4. The van der Waals surface area contributed by atoms with Crippen molar-refractivity contribution in [3.8, 4) is 0 Å². The third kappa shape index (κ3) is 4.02. The van der Waals surface area contributed by atoms with Crippen molar-refractivity contribution in [2.45, 2.75) is 6.42 Å². The molecule has 0 spiro atoms. The van der Waals surface area contributed by atoms with Crippen molar-refractivity contribution in [2.75, 3.05) is 13.6 Å². The third-order valence-corrected chi connectivity index (χ3v) is 2.32. The smallest absolute Gasteiger partial charge is 0.270 e. The fourth-order valence-electron chi connectivity index (χ4n) is 1.31. The molecule has 0 atom stereocenters. The monoisotopic (exact) mass is 269 g/mol. The zero-order chi connectivity index (χ0) is 14.4. The fraction of sp³-hybridized carbons (Fsp3) is 0.273. The van der Waals surface area contributed by atoms with E-state index in [2.05, 4.69) is 10.6 Å². The Balaban J connectivity index is 2.73. The summed E-state index contributed by atoms with van der Waals surface area (Å²) in [5, 5.41) is 15.2. The van der Waals surface area contributed by atoms with Crippen LogP contribution in [0.3, 0.4) is 0 Å². The summed E-state index contributed by atoms with van der Waals surface area (Å²) in [4.78, 5) is 32.3. The molecule has 2 amide bonds. The van der Waals surface area contributed by atoms with Gasteiger partial charge >= 0.3 is 0 Å². The van der Waals surface area contributed by atoms with Crippen LogP contribution in [0, 0.1) is 15.9 Å². The van der Waals surface area contributed by atoms with E-state index >= 15 is 0 Å². The molecular formula is C11H12FN3O4. The quantitative estimate of drug-likeness (QED) is 0.603. The van der Waals surface area contributed by atoms with Crippen LogP contribution in [0.5, 0.6) is 0 Å². The summed E-state index contributed by atoms with van der Waals surface area (Å²) in [6, 6.07) is 2.67. The molecule has 8 heteroatoms. The van der Waals surface area contributed by atoms with Gasteiger partial charge in [0.25, 0.3) is 11.6 Å². The van der Waals surface area contributed by atoms with Gasteiger partial charge in [-0.15, -0.1) is 0 Å². The van der Waals surface area contributed by atoms with Crippen molar-refractivity contribution < 1.29 is 18.9 Å². The van der Waals surface area contributed by atoms with Crippen LogP contribution >= 0.6 is 0 Å². The molecule has 1 rings (SSSR count). The van der Waals surface area contributed by atoms with Gasteiger partial charge < -0.3 is 10.6 Å². The largest absolute Gasteiger partial charge is 0.359 e. The molecule has 1 aromatic rings. The lowest BCUT2D eigenvalue weighted by Gasteiger charge is -2.05. The van der Waals surface area contributed by atoms with Gasteiger partial charge in [0.1, 0.15) is 5.82 Å². The lowest BCUT2D eigenvalue weighted by Crippen LogP contribution is -2.29. The van der Waals surface area contributed by atoms with Crippen LogP contribution < -0.4 is 10.6 Å². The number of rotatable bonds is 5. The number of carbonyl (C=O) groups is 2. The molecule has 0 aromatic heterocycles. The van der Waals surface area contributed by atoms with E-state index < -0.39 is 22.2 Å². The van der Waals surface area contributed by atoms with E-state index in [9.17, 15) is 24.1 Å². The predicted molar refractivity (Wildman–Crippen MR) is 64.1 cm³/mol. The molecule has 0 radical (unpaired) electrons. The van der Waals surface area contributed by atoms with Crippen LogP contribution in [0.4, 0.5) is 10.1 Å². The Morgan fingerprint density at radius 2 is 2.11 bits per heavy atom. The Hall–Kier alpha value is -2.51. The Labute approximate surface area is 107 Å². The van der Waals surface area contributed by atoms with E-state index in [1.165, 1.54) is 7.05 Å². The summed E-state index contributed by atoms with van der Waals surface area (Å²) >= 11 is 0. The lowest BCUT2D eigenvalue weighted by molar-refractivity contribution is -0.384. The Kier molecular flexibility index (Phi) is 4.92. The van der Waals surface area contributed by atoms with E-state index in [1.807, 2.05) is 0 Å². The minimum atomic E-state index is -0.858. The molecule has 102 valence electrons. The van der Waals surface area contributed by atoms with E-state index in [1.54, 1.807) is 0 Å². The van der Waals surface area contributed by atoms with Crippen LogP contribution in [0.2, 0.25) is 0 Å². The Morgan fingerprint density at radius 1 is 1.42 bits per heavy atom. The SMILES string of the molecule is CNC(=O)CCNC(=O)c1cc([N+](=O)[O-])ccc1F. The van der Waals surface area contributed by atoms with Gasteiger partial charge in [-0.1, -0.05) is 0 Å². The van der Waals surface area contributed by atoms with Gasteiger partial charge in [0.15, 0.2) is 0 Å². The maximum absolute atomic E-state index is 13.4. The van der Waals surface area contributed by atoms with Gasteiger partial charge in [0.2, 0.25) is 5.91 Å². The predicted octanol–water partition coefficient (Wildman–Crippen LogP) is 0.600. The lowest BCUT2D eigenvalue weighted by atomic mass is 10.1. The number of nitrogens with one attached hydrogen (secondary N) is 2. The van der Waals surface area contributed by atoms with Crippen LogP contribution in [0.25, 0.3) is 0 Å². The molecule has 1 aromatic carbocycles. The first-order valence-corrected chi connectivity index (χ1v) is 5.38. The van der Waals surface area contributed by atoms with Crippen molar-refractivity contribution in [1.82, 2.24) is 10.6 Å². The van der Waals surface area contributed by atoms with Gasteiger partial charge in [-0.3, -0.25) is 19.7 Å². The van der Waals surface area contributed by atoms with Crippen molar-refractivity contribution in [1.29, 1.82) is 0 Å².